The normalized spacial score (nSPS) is 12.8. The van der Waals surface area contributed by atoms with Gasteiger partial charge in [-0.1, -0.05) is 41.5 Å². The first-order valence-corrected chi connectivity index (χ1v) is 14.1. The summed E-state index contributed by atoms with van der Waals surface area (Å²) in [6, 6.07) is 13.2. The number of sulfone groups is 1. The third-order valence-electron chi connectivity index (χ3n) is 5.54. The molecule has 1 heterocycles. The van der Waals surface area contributed by atoms with Gasteiger partial charge in [-0.15, -0.1) is 0 Å². The van der Waals surface area contributed by atoms with Gasteiger partial charge in [0.15, 0.2) is 9.84 Å². The number of halogens is 1. The number of hydrogen-bond acceptors (Lipinski definition) is 7. The number of hydrogen-bond donors (Lipinski definition) is 2. The number of carbonyl (C=O) groups excluding carboxylic acids is 1. The quantitative estimate of drug-likeness (QED) is 0.393. The van der Waals surface area contributed by atoms with Crippen molar-refractivity contribution in [2.75, 3.05) is 23.9 Å². The Morgan fingerprint density at radius 1 is 1.16 bits per heavy atom. The van der Waals surface area contributed by atoms with Gasteiger partial charge in [0.25, 0.3) is 0 Å². The number of anilines is 2. The Morgan fingerprint density at radius 3 is 2.76 bits per heavy atom. The van der Waals surface area contributed by atoms with Crippen molar-refractivity contribution in [3.8, 4) is 11.5 Å². The van der Waals surface area contributed by atoms with Crippen molar-refractivity contribution >= 4 is 44.9 Å². The van der Waals surface area contributed by atoms with E-state index < -0.39 is 21.5 Å². The molecule has 1 aromatic heterocycles. The van der Waals surface area contributed by atoms with Gasteiger partial charge in [-0.05, 0) is 61.7 Å². The summed E-state index contributed by atoms with van der Waals surface area (Å²) in [6.45, 7) is 2.33. The van der Waals surface area contributed by atoms with E-state index in [2.05, 4.69) is 20.6 Å². The summed E-state index contributed by atoms with van der Waals surface area (Å²) < 4.78 is 28.5. The molecule has 3 aromatic rings. The molecule has 0 atom stereocenters. The number of nitrogens with one attached hydrogen (secondary N) is 2. The third-order valence-corrected chi connectivity index (χ3v) is 6.62. The zero-order valence-corrected chi connectivity index (χ0v) is 22.1. The number of rotatable bonds is 9. The van der Waals surface area contributed by atoms with Crippen LogP contribution in [0.25, 0.3) is 6.08 Å². The Morgan fingerprint density at radius 2 is 2.00 bits per heavy atom. The number of nitrogens with zero attached hydrogens (tertiary/aromatic N) is 2. The summed E-state index contributed by atoms with van der Waals surface area (Å²) in [7, 11) is -3.36. The van der Waals surface area contributed by atoms with Gasteiger partial charge in [0, 0.05) is 24.1 Å². The number of benzene rings is 2. The summed E-state index contributed by atoms with van der Waals surface area (Å²) in [4.78, 5) is 20.7. The van der Waals surface area contributed by atoms with Gasteiger partial charge in [-0.2, -0.15) is 0 Å². The molecule has 0 radical (unpaired) electrons. The average molecular weight is 539 g/mol. The van der Waals surface area contributed by atoms with Crippen LogP contribution in [0.2, 0.25) is 5.02 Å². The standard InChI is InChI=1S/C27H27ClN4O4S/c1-18-5-3-7-21(13-18)36-25-10-9-20(15-23(25)28)32-27-22-14-19(6-4-8-24(22)30-17-31-27)11-12-29-26(33)16-37(2,34)35/h3-10,13,15,17H,11-12,14,16H2,1-2H3,(H,29,33)(H,30,31,32). The second-order valence-electron chi connectivity index (χ2n) is 8.81. The van der Waals surface area contributed by atoms with E-state index in [0.717, 1.165) is 34.3 Å². The molecule has 1 amide bonds. The van der Waals surface area contributed by atoms with E-state index in [9.17, 15) is 13.2 Å². The van der Waals surface area contributed by atoms with Crippen LogP contribution in [-0.4, -0.2) is 42.8 Å². The molecule has 192 valence electrons. The largest absolute Gasteiger partial charge is 0.456 e. The zero-order valence-electron chi connectivity index (χ0n) is 20.5. The number of amides is 1. The summed E-state index contributed by atoms with van der Waals surface area (Å²) in [5, 5.41) is 6.45. The third kappa shape index (κ3) is 7.65. The van der Waals surface area contributed by atoms with Crippen LogP contribution in [-0.2, 0) is 21.1 Å². The maximum Gasteiger partial charge on any atom is 0.235 e. The SMILES string of the molecule is Cc1cccc(Oc2ccc(Nc3ncnc4c3CC(CCNC(=O)CS(C)(=O)=O)=CC=C4)cc2Cl)c1. The van der Waals surface area contributed by atoms with Crippen LogP contribution in [0.3, 0.4) is 0 Å². The highest BCUT2D eigenvalue weighted by molar-refractivity contribution is 7.91. The number of aryl methyl sites for hydroxylation is 1. The van der Waals surface area contributed by atoms with Crippen LogP contribution in [0.1, 0.15) is 23.2 Å². The monoisotopic (exact) mass is 538 g/mol. The molecule has 0 saturated heterocycles. The predicted molar refractivity (Wildman–Crippen MR) is 146 cm³/mol. The van der Waals surface area contributed by atoms with Crippen LogP contribution < -0.4 is 15.4 Å². The van der Waals surface area contributed by atoms with Gasteiger partial charge in [-0.25, -0.2) is 18.4 Å². The van der Waals surface area contributed by atoms with E-state index in [4.69, 9.17) is 16.3 Å². The Balaban J connectivity index is 1.44. The summed E-state index contributed by atoms with van der Waals surface area (Å²) in [5.41, 5.74) is 4.58. The fourth-order valence-electron chi connectivity index (χ4n) is 3.84. The highest BCUT2D eigenvalue weighted by atomic mass is 35.5. The molecule has 0 fully saturated rings. The summed E-state index contributed by atoms with van der Waals surface area (Å²) in [5.74, 6) is 0.874. The Bertz CT molecular complexity index is 1490. The fraction of sp³-hybridized carbons (Fsp3) is 0.222. The first kappa shape index (κ1) is 26.4. The lowest BCUT2D eigenvalue weighted by molar-refractivity contribution is -0.118. The number of aromatic nitrogens is 2. The van der Waals surface area contributed by atoms with Gasteiger partial charge < -0.3 is 15.4 Å². The maximum absolute atomic E-state index is 11.8. The van der Waals surface area contributed by atoms with E-state index in [1.165, 1.54) is 6.33 Å². The molecule has 1 aliphatic rings. The van der Waals surface area contributed by atoms with Crippen molar-refractivity contribution in [2.45, 2.75) is 19.8 Å². The molecule has 0 bridgehead atoms. The lowest BCUT2D eigenvalue weighted by atomic mass is 10.0. The molecular formula is C27H27ClN4O4S. The molecule has 1 aliphatic carbocycles. The van der Waals surface area contributed by atoms with Crippen LogP contribution in [0.4, 0.5) is 11.5 Å². The first-order chi connectivity index (χ1) is 17.7. The maximum atomic E-state index is 11.8. The molecule has 4 rings (SSSR count). The molecule has 0 spiro atoms. The zero-order chi connectivity index (χ0) is 26.4. The summed E-state index contributed by atoms with van der Waals surface area (Å²) >= 11 is 6.51. The smallest absolute Gasteiger partial charge is 0.235 e. The highest BCUT2D eigenvalue weighted by Gasteiger charge is 2.16. The lowest BCUT2D eigenvalue weighted by Gasteiger charge is -2.15. The Kier molecular flexibility index (Phi) is 8.25. The van der Waals surface area contributed by atoms with Crippen molar-refractivity contribution in [3.05, 3.63) is 88.4 Å². The van der Waals surface area contributed by atoms with Crippen LogP contribution in [0.5, 0.6) is 11.5 Å². The minimum absolute atomic E-state index is 0.331. The number of allylic oxidation sites excluding steroid dienone is 2. The van der Waals surface area contributed by atoms with Gasteiger partial charge in [0.05, 0.1) is 10.7 Å². The fourth-order valence-corrected chi connectivity index (χ4v) is 4.64. The van der Waals surface area contributed by atoms with E-state index in [-0.39, 0.29) is 0 Å². The molecule has 37 heavy (non-hydrogen) atoms. The predicted octanol–water partition coefficient (Wildman–Crippen LogP) is 5.02. The molecular weight excluding hydrogens is 512 g/mol. The molecule has 8 nitrogen and oxygen atoms in total. The molecule has 0 unspecified atom stereocenters. The number of fused-ring (bicyclic) bond motifs is 1. The first-order valence-electron chi connectivity index (χ1n) is 11.6. The van der Waals surface area contributed by atoms with E-state index in [0.29, 0.717) is 41.7 Å². The minimum atomic E-state index is -3.36. The van der Waals surface area contributed by atoms with Crippen molar-refractivity contribution in [3.63, 3.8) is 0 Å². The second-order valence-corrected chi connectivity index (χ2v) is 11.4. The van der Waals surface area contributed by atoms with Crippen LogP contribution in [0.15, 0.2) is 66.5 Å². The molecule has 2 aromatic carbocycles. The Labute approximate surface area is 221 Å². The van der Waals surface area contributed by atoms with Crippen molar-refractivity contribution in [1.29, 1.82) is 0 Å². The average Bonchev–Trinajstić information content (AvgIpc) is 3.02. The Hall–Kier alpha value is -3.69. The highest BCUT2D eigenvalue weighted by Crippen LogP contribution is 2.34. The van der Waals surface area contributed by atoms with Gasteiger partial charge in [-0.3, -0.25) is 4.79 Å². The molecule has 0 saturated carbocycles. The number of ether oxygens (including phenoxy) is 1. The van der Waals surface area contributed by atoms with E-state index in [1.807, 2.05) is 55.5 Å². The summed E-state index contributed by atoms with van der Waals surface area (Å²) in [6.07, 6.45) is 9.45. The van der Waals surface area contributed by atoms with Crippen molar-refractivity contribution < 1.29 is 17.9 Å². The minimum Gasteiger partial charge on any atom is -0.456 e. The molecule has 10 heteroatoms. The van der Waals surface area contributed by atoms with Crippen molar-refractivity contribution in [2.24, 2.45) is 0 Å². The lowest BCUT2D eigenvalue weighted by Crippen LogP contribution is -2.30. The topological polar surface area (TPSA) is 110 Å². The molecule has 2 N–H and O–H groups in total. The van der Waals surface area contributed by atoms with Crippen molar-refractivity contribution in [1.82, 2.24) is 15.3 Å². The second kappa shape index (κ2) is 11.6. The van der Waals surface area contributed by atoms with E-state index >= 15 is 0 Å². The van der Waals surface area contributed by atoms with Gasteiger partial charge in [0.2, 0.25) is 5.91 Å². The van der Waals surface area contributed by atoms with E-state index in [1.54, 1.807) is 12.1 Å². The van der Waals surface area contributed by atoms with Gasteiger partial charge in [0.1, 0.15) is 29.4 Å². The van der Waals surface area contributed by atoms with Crippen LogP contribution in [0, 0.1) is 6.92 Å². The molecule has 0 aliphatic heterocycles. The van der Waals surface area contributed by atoms with Gasteiger partial charge >= 0.3 is 0 Å². The number of carbonyl (C=O) groups is 1. The van der Waals surface area contributed by atoms with Crippen LogP contribution >= 0.6 is 11.6 Å².